The highest BCUT2D eigenvalue weighted by atomic mass is 35.5. The second kappa shape index (κ2) is 8.16. The van der Waals surface area contributed by atoms with Gasteiger partial charge in [0.25, 0.3) is 0 Å². The summed E-state index contributed by atoms with van der Waals surface area (Å²) in [5.74, 6) is -0.413. The molecule has 2 rings (SSSR count). The highest BCUT2D eigenvalue weighted by Gasteiger charge is 2.13. The van der Waals surface area contributed by atoms with E-state index >= 15 is 0 Å². The van der Waals surface area contributed by atoms with Crippen LogP contribution in [-0.4, -0.2) is 24.4 Å². The molecule has 20 heavy (non-hydrogen) atoms. The van der Waals surface area contributed by atoms with Crippen molar-refractivity contribution in [1.29, 1.82) is 0 Å². The molecule has 1 aromatic rings. The second-order valence-electron chi connectivity index (χ2n) is 3.79. The lowest BCUT2D eigenvalue weighted by atomic mass is 10.2. The number of esters is 1. The van der Waals surface area contributed by atoms with Gasteiger partial charge in [-0.2, -0.15) is 0 Å². The lowest BCUT2D eigenvalue weighted by molar-refractivity contribution is -0.141. The molecule has 108 valence electrons. The molecule has 0 saturated heterocycles. The van der Waals surface area contributed by atoms with E-state index in [1.165, 1.54) is 7.11 Å². The molecule has 7 heteroatoms. The van der Waals surface area contributed by atoms with Gasteiger partial charge in [-0.25, -0.2) is 4.79 Å². The van der Waals surface area contributed by atoms with Crippen LogP contribution in [0, 0.1) is 0 Å². The molecule has 1 aliphatic rings. The summed E-state index contributed by atoms with van der Waals surface area (Å²) < 4.78 is 9.01. The zero-order valence-corrected chi connectivity index (χ0v) is 11.6. The lowest BCUT2D eigenvalue weighted by Crippen LogP contribution is -2.19. The first-order valence-corrected chi connectivity index (χ1v) is 6.17. The van der Waals surface area contributed by atoms with Crippen LogP contribution in [0.15, 0.2) is 24.3 Å². The van der Waals surface area contributed by atoms with E-state index in [0.29, 0.717) is 6.61 Å². The summed E-state index contributed by atoms with van der Waals surface area (Å²) in [6.45, 7) is 0.377. The van der Waals surface area contributed by atoms with Crippen molar-refractivity contribution in [2.75, 3.05) is 12.4 Å². The van der Waals surface area contributed by atoms with Crippen molar-refractivity contribution in [3.8, 4) is 0 Å². The van der Waals surface area contributed by atoms with Gasteiger partial charge in [0.15, 0.2) is 0 Å². The number of hydrogen-bond acceptors (Lipinski definition) is 5. The van der Waals surface area contributed by atoms with E-state index in [0.717, 1.165) is 11.3 Å². The average Bonchev–Trinajstić information content (AvgIpc) is 2.45. The van der Waals surface area contributed by atoms with Crippen molar-refractivity contribution in [3.63, 3.8) is 0 Å². The SMILES string of the molecule is COC(=O)CCC(=O)Cl.O=C1Nc2ccccc2CO1. The maximum Gasteiger partial charge on any atom is 0.411 e. The Kier molecular flexibility index (Phi) is 6.52. The van der Waals surface area contributed by atoms with E-state index < -0.39 is 11.2 Å². The van der Waals surface area contributed by atoms with E-state index in [4.69, 9.17) is 16.3 Å². The molecule has 1 amide bonds. The van der Waals surface area contributed by atoms with E-state index in [-0.39, 0.29) is 18.9 Å². The molecule has 0 radical (unpaired) electrons. The van der Waals surface area contributed by atoms with Gasteiger partial charge in [-0.05, 0) is 17.7 Å². The molecule has 0 fully saturated rings. The summed E-state index contributed by atoms with van der Waals surface area (Å²) in [6, 6.07) is 7.58. The number of nitrogens with one attached hydrogen (secondary N) is 1. The fraction of sp³-hybridized carbons (Fsp3) is 0.308. The second-order valence-corrected chi connectivity index (χ2v) is 4.21. The summed E-state index contributed by atoms with van der Waals surface area (Å²) in [7, 11) is 1.26. The van der Waals surface area contributed by atoms with Crippen molar-refractivity contribution < 1.29 is 23.9 Å². The van der Waals surface area contributed by atoms with Crippen molar-refractivity contribution in [3.05, 3.63) is 29.8 Å². The van der Waals surface area contributed by atoms with Gasteiger partial charge in [-0.1, -0.05) is 18.2 Å². The molecule has 0 atom stereocenters. The van der Waals surface area contributed by atoms with Crippen LogP contribution in [0.3, 0.4) is 0 Å². The Labute approximate surface area is 121 Å². The number of para-hydroxylation sites is 1. The van der Waals surface area contributed by atoms with Crippen LogP contribution in [0.2, 0.25) is 0 Å². The van der Waals surface area contributed by atoms with Gasteiger partial charge in [0.1, 0.15) is 6.61 Å². The fourth-order valence-corrected chi connectivity index (χ4v) is 1.45. The Balaban J connectivity index is 0.000000206. The molecule has 0 aromatic heterocycles. The molecule has 1 aromatic carbocycles. The predicted molar refractivity (Wildman–Crippen MR) is 72.4 cm³/mol. The molecule has 0 aliphatic carbocycles. The monoisotopic (exact) mass is 299 g/mol. The summed E-state index contributed by atoms with van der Waals surface area (Å²) >= 11 is 4.93. The van der Waals surface area contributed by atoms with E-state index in [9.17, 15) is 14.4 Å². The Hall–Kier alpha value is -2.08. The highest BCUT2D eigenvalue weighted by Crippen LogP contribution is 2.19. The van der Waals surface area contributed by atoms with Gasteiger partial charge in [-0.15, -0.1) is 0 Å². The zero-order chi connectivity index (χ0) is 15.0. The van der Waals surface area contributed by atoms with Crippen LogP contribution >= 0.6 is 11.6 Å². The number of ether oxygens (including phenoxy) is 2. The number of hydrogen-bond donors (Lipinski definition) is 1. The average molecular weight is 300 g/mol. The van der Waals surface area contributed by atoms with Gasteiger partial charge in [-0.3, -0.25) is 14.9 Å². The summed E-state index contributed by atoms with van der Waals surface area (Å²) in [4.78, 5) is 31.0. The summed E-state index contributed by atoms with van der Waals surface area (Å²) in [6.07, 6.45) is -0.253. The normalized spacial score (nSPS) is 12.0. The van der Waals surface area contributed by atoms with Gasteiger partial charge < -0.3 is 9.47 Å². The number of fused-ring (bicyclic) bond motifs is 1. The molecule has 0 bridgehead atoms. The fourth-order valence-electron chi connectivity index (χ4n) is 1.36. The largest absolute Gasteiger partial charge is 0.469 e. The zero-order valence-electron chi connectivity index (χ0n) is 10.8. The minimum absolute atomic E-state index is 0.0498. The molecular formula is C13H14ClNO5. The summed E-state index contributed by atoms with van der Waals surface area (Å²) in [5, 5.41) is 2.09. The molecular weight excluding hydrogens is 286 g/mol. The maximum absolute atomic E-state index is 10.7. The smallest absolute Gasteiger partial charge is 0.411 e. The number of amides is 1. The molecule has 1 heterocycles. The first-order valence-electron chi connectivity index (χ1n) is 5.79. The number of cyclic esters (lactones) is 1. The number of rotatable bonds is 3. The molecule has 0 spiro atoms. The van der Waals surface area contributed by atoms with Crippen LogP contribution in [0.5, 0.6) is 0 Å². The number of methoxy groups -OCH3 is 1. The van der Waals surface area contributed by atoms with Crippen LogP contribution in [0.25, 0.3) is 0 Å². The molecule has 0 unspecified atom stereocenters. The number of anilines is 1. The Morgan fingerprint density at radius 3 is 2.70 bits per heavy atom. The number of benzene rings is 1. The molecule has 1 N–H and O–H groups in total. The van der Waals surface area contributed by atoms with Crippen LogP contribution in [-0.2, 0) is 25.7 Å². The van der Waals surface area contributed by atoms with Crippen molar-refractivity contribution >= 4 is 34.6 Å². The van der Waals surface area contributed by atoms with E-state index in [1.54, 1.807) is 0 Å². The minimum Gasteiger partial charge on any atom is -0.469 e. The van der Waals surface area contributed by atoms with Gasteiger partial charge in [0, 0.05) is 12.0 Å². The van der Waals surface area contributed by atoms with Crippen molar-refractivity contribution in [2.24, 2.45) is 0 Å². The van der Waals surface area contributed by atoms with Crippen LogP contribution in [0.4, 0.5) is 10.5 Å². The third-order valence-corrected chi connectivity index (χ3v) is 2.56. The van der Waals surface area contributed by atoms with Crippen LogP contribution < -0.4 is 5.32 Å². The van der Waals surface area contributed by atoms with Gasteiger partial charge >= 0.3 is 12.1 Å². The standard InChI is InChI=1S/C8H7NO2.C5H7ClO3/c10-8-9-7-4-2-1-3-6(7)5-11-8;1-9-5(8)3-2-4(6)7/h1-4H,5H2,(H,9,10);2-3H2,1H3. The molecule has 1 aliphatic heterocycles. The quantitative estimate of drug-likeness (QED) is 0.685. The molecule has 0 saturated carbocycles. The molecule has 6 nitrogen and oxygen atoms in total. The first kappa shape index (κ1) is 16.0. The predicted octanol–water partition coefficient (Wildman–Crippen LogP) is 2.45. The van der Waals surface area contributed by atoms with E-state index in [1.807, 2.05) is 24.3 Å². The third-order valence-electron chi connectivity index (χ3n) is 2.37. The topological polar surface area (TPSA) is 81.7 Å². The van der Waals surface area contributed by atoms with Gasteiger partial charge in [0.05, 0.1) is 19.2 Å². The van der Waals surface area contributed by atoms with Crippen molar-refractivity contribution in [1.82, 2.24) is 0 Å². The lowest BCUT2D eigenvalue weighted by Gasteiger charge is -2.16. The number of carbonyl (C=O) groups is 3. The van der Waals surface area contributed by atoms with E-state index in [2.05, 4.69) is 10.1 Å². The minimum atomic E-state index is -0.514. The third kappa shape index (κ3) is 5.71. The Bertz CT molecular complexity index is 503. The highest BCUT2D eigenvalue weighted by molar-refractivity contribution is 6.63. The Morgan fingerprint density at radius 1 is 1.35 bits per heavy atom. The Morgan fingerprint density at radius 2 is 2.05 bits per heavy atom. The first-order chi connectivity index (χ1) is 9.52. The maximum atomic E-state index is 10.7. The number of carbonyl (C=O) groups excluding carboxylic acids is 3. The number of halogens is 1. The van der Waals surface area contributed by atoms with Crippen LogP contribution in [0.1, 0.15) is 18.4 Å². The van der Waals surface area contributed by atoms with Crippen molar-refractivity contribution in [2.45, 2.75) is 19.4 Å². The van der Waals surface area contributed by atoms with Gasteiger partial charge in [0.2, 0.25) is 5.24 Å². The summed E-state index contributed by atoms with van der Waals surface area (Å²) in [5.41, 5.74) is 1.87.